The molecule has 2 aromatic carbocycles. The highest BCUT2D eigenvalue weighted by atomic mass is 79.9. The maximum Gasteiger partial charge on any atom is 0.230 e. The average molecular weight is 343 g/mol. The van der Waals surface area contributed by atoms with E-state index in [0.717, 1.165) is 22.8 Å². The number of hydrogen-bond donors (Lipinski definition) is 0. The summed E-state index contributed by atoms with van der Waals surface area (Å²) in [6, 6.07) is 11.0. The zero-order chi connectivity index (χ0) is 14.8. The Morgan fingerprint density at radius 1 is 1.19 bits per heavy atom. The number of halogens is 1. The second-order valence-corrected chi connectivity index (χ2v) is 5.41. The van der Waals surface area contributed by atoms with Gasteiger partial charge >= 0.3 is 0 Å². The lowest BCUT2D eigenvalue weighted by Gasteiger charge is -2.10. The summed E-state index contributed by atoms with van der Waals surface area (Å²) in [6.07, 6.45) is 2.27. The lowest BCUT2D eigenvalue weighted by Crippen LogP contribution is -1.94. The van der Waals surface area contributed by atoms with E-state index in [0.29, 0.717) is 21.7 Å². The molecule has 0 amide bonds. The molecule has 0 atom stereocenters. The molecule has 0 aliphatic carbocycles. The molecule has 3 rings (SSSR count). The summed E-state index contributed by atoms with van der Waals surface area (Å²) in [6.45, 7) is 1.99. The van der Waals surface area contributed by atoms with Gasteiger partial charge in [0.2, 0.25) is 5.88 Å². The normalized spacial score (nSPS) is 10.6. The third kappa shape index (κ3) is 2.64. The highest BCUT2D eigenvalue weighted by Gasteiger charge is 2.10. The van der Waals surface area contributed by atoms with E-state index >= 15 is 0 Å². The largest absolute Gasteiger partial charge is 0.437 e. The number of aldehydes is 1. The maximum absolute atomic E-state index is 10.8. The fourth-order valence-electron chi connectivity index (χ4n) is 2.10. The molecule has 104 valence electrons. The zero-order valence-electron chi connectivity index (χ0n) is 11.2. The smallest absolute Gasteiger partial charge is 0.230 e. The van der Waals surface area contributed by atoms with Crippen LogP contribution < -0.4 is 4.74 Å². The van der Waals surface area contributed by atoms with Gasteiger partial charge in [0, 0.05) is 5.56 Å². The molecule has 0 aliphatic rings. The molecule has 3 aromatic rings. The molecule has 0 saturated heterocycles. The Morgan fingerprint density at radius 3 is 2.81 bits per heavy atom. The van der Waals surface area contributed by atoms with Crippen LogP contribution in [0.5, 0.6) is 11.6 Å². The van der Waals surface area contributed by atoms with Crippen molar-refractivity contribution in [2.24, 2.45) is 0 Å². The first-order chi connectivity index (χ1) is 10.2. The van der Waals surface area contributed by atoms with E-state index in [1.807, 2.05) is 25.1 Å². The lowest BCUT2D eigenvalue weighted by molar-refractivity contribution is 0.112. The van der Waals surface area contributed by atoms with Gasteiger partial charge in [0.15, 0.2) is 0 Å². The Morgan fingerprint density at radius 2 is 2.05 bits per heavy atom. The van der Waals surface area contributed by atoms with Gasteiger partial charge in [0.25, 0.3) is 0 Å². The molecule has 1 aromatic heterocycles. The molecular weight excluding hydrogens is 332 g/mol. The minimum absolute atomic E-state index is 0.498. The van der Waals surface area contributed by atoms with Crippen molar-refractivity contribution < 1.29 is 9.53 Å². The minimum Gasteiger partial charge on any atom is -0.437 e. The van der Waals surface area contributed by atoms with Gasteiger partial charge in [0.1, 0.15) is 18.4 Å². The second kappa shape index (κ2) is 5.61. The van der Waals surface area contributed by atoms with Crippen LogP contribution in [-0.4, -0.2) is 16.3 Å². The Kier molecular flexibility index (Phi) is 3.66. The van der Waals surface area contributed by atoms with Gasteiger partial charge < -0.3 is 4.74 Å². The van der Waals surface area contributed by atoms with E-state index in [9.17, 15) is 4.79 Å². The number of carbonyl (C=O) groups is 1. The van der Waals surface area contributed by atoms with E-state index in [-0.39, 0.29) is 0 Å². The quantitative estimate of drug-likeness (QED) is 0.665. The second-order valence-electron chi connectivity index (χ2n) is 4.56. The van der Waals surface area contributed by atoms with Crippen molar-refractivity contribution >= 4 is 33.1 Å². The summed E-state index contributed by atoms with van der Waals surface area (Å²) < 4.78 is 6.59. The van der Waals surface area contributed by atoms with Crippen molar-refractivity contribution in [3.8, 4) is 11.6 Å². The van der Waals surface area contributed by atoms with Crippen molar-refractivity contribution in [2.45, 2.75) is 6.92 Å². The molecule has 5 heteroatoms. The van der Waals surface area contributed by atoms with Gasteiger partial charge in [-0.1, -0.05) is 12.1 Å². The summed E-state index contributed by atoms with van der Waals surface area (Å²) in [7, 11) is 0. The molecule has 0 fully saturated rings. The monoisotopic (exact) mass is 342 g/mol. The van der Waals surface area contributed by atoms with E-state index in [2.05, 4.69) is 25.9 Å². The molecule has 0 aliphatic heterocycles. The molecule has 0 saturated carbocycles. The van der Waals surface area contributed by atoms with Gasteiger partial charge in [-0.15, -0.1) is 0 Å². The molecule has 1 heterocycles. The number of benzene rings is 2. The van der Waals surface area contributed by atoms with Crippen LogP contribution in [0.3, 0.4) is 0 Å². The predicted molar refractivity (Wildman–Crippen MR) is 83.9 cm³/mol. The van der Waals surface area contributed by atoms with E-state index in [1.165, 1.54) is 6.33 Å². The number of aryl methyl sites for hydroxylation is 1. The van der Waals surface area contributed by atoms with Crippen molar-refractivity contribution in [3.05, 3.63) is 58.3 Å². The number of ether oxygens (including phenoxy) is 1. The Labute approximate surface area is 129 Å². The Balaban J connectivity index is 2.08. The topological polar surface area (TPSA) is 52.1 Å². The molecule has 0 unspecified atom stereocenters. The molecular formula is C16H11BrN2O2. The van der Waals surface area contributed by atoms with E-state index < -0.39 is 0 Å². The standard InChI is InChI=1S/C16H11BrN2O2/c1-10-3-2-4-13-15(10)16(19-9-18-13)21-14-6-5-11(8-20)7-12(14)17/h2-9H,1H3. The minimum atomic E-state index is 0.498. The SMILES string of the molecule is Cc1cccc2ncnc(Oc3ccc(C=O)cc3Br)c12. The number of carbonyl (C=O) groups excluding carboxylic acids is 1. The summed E-state index contributed by atoms with van der Waals surface area (Å²) in [5, 5.41) is 0.881. The van der Waals surface area contributed by atoms with Crippen molar-refractivity contribution in [3.63, 3.8) is 0 Å². The lowest BCUT2D eigenvalue weighted by atomic mass is 10.1. The third-order valence-corrected chi connectivity index (χ3v) is 3.75. The van der Waals surface area contributed by atoms with Crippen LogP contribution in [-0.2, 0) is 0 Å². The van der Waals surface area contributed by atoms with Gasteiger partial charge in [-0.3, -0.25) is 4.79 Å². The number of fused-ring (bicyclic) bond motifs is 1. The number of nitrogens with zero attached hydrogens (tertiary/aromatic N) is 2. The first kappa shape index (κ1) is 13.7. The average Bonchev–Trinajstić information content (AvgIpc) is 2.49. The summed E-state index contributed by atoms with van der Waals surface area (Å²) in [4.78, 5) is 19.2. The fraction of sp³-hybridized carbons (Fsp3) is 0.0625. The third-order valence-electron chi connectivity index (χ3n) is 3.14. The van der Waals surface area contributed by atoms with Crippen molar-refractivity contribution in [1.29, 1.82) is 0 Å². The van der Waals surface area contributed by atoms with E-state index in [1.54, 1.807) is 18.2 Å². The molecule has 0 spiro atoms. The van der Waals surface area contributed by atoms with E-state index in [4.69, 9.17) is 4.74 Å². The molecule has 0 bridgehead atoms. The van der Waals surface area contributed by atoms with Crippen LogP contribution >= 0.6 is 15.9 Å². The fourth-order valence-corrected chi connectivity index (χ4v) is 2.58. The Bertz CT molecular complexity index is 828. The van der Waals surface area contributed by atoms with Crippen LogP contribution in [0.15, 0.2) is 47.2 Å². The molecule has 0 radical (unpaired) electrons. The van der Waals surface area contributed by atoms with Crippen LogP contribution in [0, 0.1) is 6.92 Å². The van der Waals surface area contributed by atoms with Gasteiger partial charge in [-0.05, 0) is 52.7 Å². The van der Waals surface area contributed by atoms with Crippen LogP contribution in [0.2, 0.25) is 0 Å². The van der Waals surface area contributed by atoms with Crippen LogP contribution in [0.25, 0.3) is 10.9 Å². The molecule has 0 N–H and O–H groups in total. The zero-order valence-corrected chi connectivity index (χ0v) is 12.8. The van der Waals surface area contributed by atoms with Gasteiger partial charge in [0.05, 0.1) is 15.4 Å². The van der Waals surface area contributed by atoms with Crippen LogP contribution in [0.1, 0.15) is 15.9 Å². The number of rotatable bonds is 3. The summed E-state index contributed by atoms with van der Waals surface area (Å²) in [5.74, 6) is 1.10. The first-order valence-corrected chi connectivity index (χ1v) is 7.11. The van der Waals surface area contributed by atoms with Crippen molar-refractivity contribution in [2.75, 3.05) is 0 Å². The number of hydrogen-bond acceptors (Lipinski definition) is 4. The van der Waals surface area contributed by atoms with Crippen molar-refractivity contribution in [1.82, 2.24) is 9.97 Å². The summed E-state index contributed by atoms with van der Waals surface area (Å²) >= 11 is 3.40. The first-order valence-electron chi connectivity index (χ1n) is 6.32. The summed E-state index contributed by atoms with van der Waals surface area (Å²) in [5.41, 5.74) is 2.46. The number of aromatic nitrogens is 2. The highest BCUT2D eigenvalue weighted by molar-refractivity contribution is 9.10. The molecule has 4 nitrogen and oxygen atoms in total. The Hall–Kier alpha value is -2.27. The van der Waals surface area contributed by atoms with Gasteiger partial charge in [-0.2, -0.15) is 0 Å². The van der Waals surface area contributed by atoms with Crippen LogP contribution in [0.4, 0.5) is 0 Å². The van der Waals surface area contributed by atoms with Gasteiger partial charge in [-0.25, -0.2) is 9.97 Å². The molecule has 21 heavy (non-hydrogen) atoms. The predicted octanol–water partition coefficient (Wildman–Crippen LogP) is 4.31. The maximum atomic E-state index is 10.8. The highest BCUT2D eigenvalue weighted by Crippen LogP contribution is 2.33.